The maximum absolute atomic E-state index is 14.1. The van der Waals surface area contributed by atoms with Crippen molar-refractivity contribution in [2.45, 2.75) is 26.4 Å². The highest BCUT2D eigenvalue weighted by Gasteiger charge is 2.52. The first-order valence-corrected chi connectivity index (χ1v) is 7.25. The monoisotopic (exact) mass is 355 g/mol. The average molecular weight is 355 g/mol. The molecule has 1 unspecified atom stereocenters. The van der Waals surface area contributed by atoms with Gasteiger partial charge in [0.2, 0.25) is 17.2 Å². The van der Waals surface area contributed by atoms with Crippen LogP contribution in [0.25, 0.3) is 0 Å². The van der Waals surface area contributed by atoms with Crippen LogP contribution in [0.4, 0.5) is 13.6 Å². The molecular weight excluding hydrogens is 340 g/mol. The predicted octanol–water partition coefficient (Wildman–Crippen LogP) is 2.26. The minimum absolute atomic E-state index is 0.0230. The maximum Gasteiger partial charge on any atom is 0.414 e. The molecule has 1 atom stereocenters. The molecule has 0 radical (unpaired) electrons. The average Bonchev–Trinajstić information content (AvgIpc) is 2.72. The number of ether oxygens (including phenoxy) is 3. The number of alkyl carbamates (subject to hydrolysis) is 1. The molecule has 1 amide bonds. The Labute approximate surface area is 141 Å². The highest BCUT2D eigenvalue weighted by Crippen LogP contribution is 2.40. The van der Waals surface area contributed by atoms with Crippen LogP contribution in [-0.4, -0.2) is 24.5 Å². The molecule has 0 spiro atoms. The predicted molar refractivity (Wildman–Crippen MR) is 78.8 cm³/mol. The summed E-state index contributed by atoms with van der Waals surface area (Å²) in [5.41, 5.74) is -2.85. The molecule has 1 aliphatic heterocycles. The number of esters is 1. The number of ketones is 1. The second-order valence-corrected chi connectivity index (χ2v) is 5.16. The fourth-order valence-corrected chi connectivity index (χ4v) is 2.31. The lowest BCUT2D eigenvalue weighted by atomic mass is 9.90. The first-order chi connectivity index (χ1) is 11.7. The molecule has 7 nitrogen and oxygen atoms in total. The highest BCUT2D eigenvalue weighted by atomic mass is 19.1. The Morgan fingerprint density at radius 3 is 2.40 bits per heavy atom. The Hall–Kier alpha value is -2.97. The molecule has 0 bridgehead atoms. The summed E-state index contributed by atoms with van der Waals surface area (Å²) in [5, 5.41) is 2.08. The normalized spacial score (nSPS) is 19.5. The van der Waals surface area contributed by atoms with Gasteiger partial charge in [-0.3, -0.25) is 14.9 Å². The van der Waals surface area contributed by atoms with Gasteiger partial charge in [-0.05, 0) is 26.0 Å². The van der Waals surface area contributed by atoms with E-state index in [2.05, 4.69) is 10.1 Å². The molecule has 1 aliphatic rings. The van der Waals surface area contributed by atoms with E-state index in [4.69, 9.17) is 9.47 Å². The molecule has 0 saturated heterocycles. The summed E-state index contributed by atoms with van der Waals surface area (Å²) in [6.07, 6.45) is -0.992. The van der Waals surface area contributed by atoms with Crippen molar-refractivity contribution in [3.8, 4) is 0 Å². The van der Waals surface area contributed by atoms with E-state index in [0.29, 0.717) is 0 Å². The van der Waals surface area contributed by atoms with Crippen molar-refractivity contribution < 1.29 is 37.4 Å². The quantitative estimate of drug-likeness (QED) is 0.833. The summed E-state index contributed by atoms with van der Waals surface area (Å²) >= 11 is 0. The number of amides is 1. The van der Waals surface area contributed by atoms with E-state index < -0.39 is 52.3 Å². The smallest absolute Gasteiger partial charge is 0.414 e. The van der Waals surface area contributed by atoms with Crippen LogP contribution in [0.3, 0.4) is 0 Å². The molecule has 2 rings (SSSR count). The minimum atomic E-state index is -2.17. The van der Waals surface area contributed by atoms with Gasteiger partial charge < -0.3 is 14.2 Å². The number of nitrogens with one attached hydrogen (secondary N) is 1. The SMILES string of the molecule is CCOC(=O)NC1=C(OC(C)=O)C(=O)C(C)(c2c(F)cccc2F)O1. The zero-order chi connectivity index (χ0) is 18.8. The lowest BCUT2D eigenvalue weighted by Crippen LogP contribution is -2.34. The lowest BCUT2D eigenvalue weighted by molar-refractivity contribution is -0.142. The zero-order valence-electron chi connectivity index (χ0n) is 13.6. The van der Waals surface area contributed by atoms with Gasteiger partial charge in [0.15, 0.2) is 0 Å². The van der Waals surface area contributed by atoms with Gasteiger partial charge in [-0.25, -0.2) is 13.6 Å². The summed E-state index contributed by atoms with van der Waals surface area (Å²) in [5.74, 6) is -5.22. The second-order valence-electron chi connectivity index (χ2n) is 5.16. The molecule has 0 aromatic heterocycles. The van der Waals surface area contributed by atoms with E-state index in [1.54, 1.807) is 6.92 Å². The van der Waals surface area contributed by atoms with Crippen LogP contribution in [0, 0.1) is 11.6 Å². The van der Waals surface area contributed by atoms with E-state index in [1.165, 1.54) is 0 Å². The van der Waals surface area contributed by atoms with Crippen LogP contribution in [0.2, 0.25) is 0 Å². The largest absolute Gasteiger partial charge is 0.456 e. The third kappa shape index (κ3) is 3.44. The molecule has 0 aliphatic carbocycles. The van der Waals surface area contributed by atoms with Crippen LogP contribution < -0.4 is 5.32 Å². The Bertz CT molecular complexity index is 756. The number of hydrogen-bond acceptors (Lipinski definition) is 6. The molecule has 25 heavy (non-hydrogen) atoms. The molecule has 1 aromatic carbocycles. The fraction of sp³-hybridized carbons (Fsp3) is 0.312. The second kappa shape index (κ2) is 6.88. The van der Waals surface area contributed by atoms with Gasteiger partial charge in [0, 0.05) is 6.92 Å². The van der Waals surface area contributed by atoms with Gasteiger partial charge in [-0.15, -0.1) is 0 Å². The molecule has 0 saturated carbocycles. The number of carbonyl (C=O) groups is 3. The fourth-order valence-electron chi connectivity index (χ4n) is 2.31. The van der Waals surface area contributed by atoms with E-state index in [0.717, 1.165) is 32.0 Å². The Morgan fingerprint density at radius 2 is 1.88 bits per heavy atom. The van der Waals surface area contributed by atoms with E-state index >= 15 is 0 Å². The minimum Gasteiger partial charge on any atom is -0.456 e. The van der Waals surface area contributed by atoms with Crippen molar-refractivity contribution in [2.24, 2.45) is 0 Å². The van der Waals surface area contributed by atoms with Gasteiger partial charge in [0.05, 0.1) is 12.2 Å². The number of rotatable bonds is 4. The molecule has 1 N–H and O–H groups in total. The van der Waals surface area contributed by atoms with Gasteiger partial charge in [0.1, 0.15) is 11.6 Å². The zero-order valence-corrected chi connectivity index (χ0v) is 13.6. The molecule has 134 valence electrons. The standard InChI is InChI=1S/C16H15F2NO6/c1-4-23-15(22)19-14-12(24-8(2)20)13(21)16(3,25-14)11-9(17)6-5-7-10(11)18/h5-7H,4H2,1-3H3,(H,19,22). The van der Waals surface area contributed by atoms with Gasteiger partial charge in [0.25, 0.3) is 5.78 Å². The molecule has 9 heteroatoms. The van der Waals surface area contributed by atoms with E-state index in [9.17, 15) is 23.2 Å². The first kappa shape index (κ1) is 18.4. The Balaban J connectivity index is 2.47. The van der Waals surface area contributed by atoms with E-state index in [-0.39, 0.29) is 6.61 Å². The van der Waals surface area contributed by atoms with Crippen molar-refractivity contribution in [1.29, 1.82) is 0 Å². The summed E-state index contributed by atoms with van der Waals surface area (Å²) < 4.78 is 42.9. The topological polar surface area (TPSA) is 90.9 Å². The number of Topliss-reactive ketones (excluding diaryl/α,β-unsaturated/α-hetero) is 1. The highest BCUT2D eigenvalue weighted by molar-refractivity contribution is 6.04. The van der Waals surface area contributed by atoms with Gasteiger partial charge in [-0.2, -0.15) is 0 Å². The summed E-state index contributed by atoms with van der Waals surface area (Å²) in [7, 11) is 0. The van der Waals surface area contributed by atoms with Crippen LogP contribution >= 0.6 is 0 Å². The Morgan fingerprint density at radius 1 is 1.28 bits per heavy atom. The van der Waals surface area contributed by atoms with Crippen molar-refractivity contribution in [1.82, 2.24) is 5.32 Å². The molecule has 1 aromatic rings. The number of halogens is 2. The number of carbonyl (C=O) groups excluding carboxylic acids is 3. The molecule has 1 heterocycles. The van der Waals surface area contributed by atoms with Crippen LogP contribution in [0.15, 0.2) is 29.8 Å². The van der Waals surface area contributed by atoms with Crippen LogP contribution in [-0.2, 0) is 29.4 Å². The van der Waals surface area contributed by atoms with Gasteiger partial charge in [-0.1, -0.05) is 6.07 Å². The number of benzene rings is 1. The maximum atomic E-state index is 14.1. The summed E-state index contributed by atoms with van der Waals surface area (Å²) in [6.45, 7) is 3.68. The molecule has 0 fully saturated rings. The van der Waals surface area contributed by atoms with Crippen molar-refractivity contribution in [3.63, 3.8) is 0 Å². The number of hydrogen-bond donors (Lipinski definition) is 1. The summed E-state index contributed by atoms with van der Waals surface area (Å²) in [4.78, 5) is 35.4. The van der Waals surface area contributed by atoms with Crippen LogP contribution in [0.1, 0.15) is 26.3 Å². The van der Waals surface area contributed by atoms with Crippen molar-refractivity contribution >= 4 is 17.8 Å². The van der Waals surface area contributed by atoms with Gasteiger partial charge >= 0.3 is 12.1 Å². The third-order valence-corrected chi connectivity index (χ3v) is 3.33. The Kier molecular flexibility index (Phi) is 5.05. The lowest BCUT2D eigenvalue weighted by Gasteiger charge is -2.24. The first-order valence-electron chi connectivity index (χ1n) is 7.25. The third-order valence-electron chi connectivity index (χ3n) is 3.33. The van der Waals surface area contributed by atoms with Crippen molar-refractivity contribution in [2.75, 3.05) is 6.61 Å². The summed E-state index contributed by atoms with van der Waals surface area (Å²) in [6, 6.07) is 3.01. The van der Waals surface area contributed by atoms with E-state index in [1.807, 2.05) is 0 Å². The van der Waals surface area contributed by atoms with Crippen LogP contribution in [0.5, 0.6) is 0 Å². The molecular formula is C16H15F2NO6. The van der Waals surface area contributed by atoms with Crippen molar-refractivity contribution in [3.05, 3.63) is 47.0 Å².